The second-order valence-corrected chi connectivity index (χ2v) is 5.03. The van der Waals surface area contributed by atoms with Crippen molar-refractivity contribution in [1.29, 1.82) is 0 Å². The summed E-state index contributed by atoms with van der Waals surface area (Å²) in [6.45, 7) is 2.62. The van der Waals surface area contributed by atoms with E-state index >= 15 is 0 Å². The summed E-state index contributed by atoms with van der Waals surface area (Å²) in [7, 11) is 0. The number of rotatable bonds is 4. The summed E-state index contributed by atoms with van der Waals surface area (Å²) in [5, 5.41) is 25.9. The summed E-state index contributed by atoms with van der Waals surface area (Å²) in [4.78, 5) is 42.4. The van der Waals surface area contributed by atoms with Gasteiger partial charge in [0.05, 0.1) is 11.9 Å². The second-order valence-electron chi connectivity index (χ2n) is 5.03. The zero-order chi connectivity index (χ0) is 19.7. The molecule has 8 nitrogen and oxygen atoms in total. The van der Waals surface area contributed by atoms with Crippen LogP contribution in [-0.4, -0.2) is 23.8 Å². The molecular formula is C18H16HgN2O6. The predicted molar refractivity (Wildman–Crippen MR) is 90.2 cm³/mol. The molecule has 0 fully saturated rings. The van der Waals surface area contributed by atoms with Crippen LogP contribution in [0.25, 0.3) is 0 Å². The molecule has 2 aromatic carbocycles. The fraction of sp³-hybridized carbons (Fsp3) is 0.111. The summed E-state index contributed by atoms with van der Waals surface area (Å²) in [6, 6.07) is 12.2. The van der Waals surface area contributed by atoms with Gasteiger partial charge in [-0.05, 0) is 12.1 Å². The first-order chi connectivity index (χ1) is 12.2. The summed E-state index contributed by atoms with van der Waals surface area (Å²) >= 11 is 0. The summed E-state index contributed by atoms with van der Waals surface area (Å²) < 4.78 is 0. The fourth-order valence-corrected chi connectivity index (χ4v) is 1.92. The number of benzene rings is 2. The Morgan fingerprint density at radius 1 is 0.667 bits per heavy atom. The Kier molecular flexibility index (Phi) is 10.6. The molecule has 2 rings (SSSR count). The number of carboxylic acids is 2. The van der Waals surface area contributed by atoms with Crippen LogP contribution in [0.3, 0.4) is 0 Å². The normalized spacial score (nSPS) is 8.96. The van der Waals surface area contributed by atoms with Gasteiger partial charge in [-0.15, -0.1) is 0 Å². The number of hydrogen-bond acceptors (Lipinski definition) is 6. The summed E-state index contributed by atoms with van der Waals surface area (Å²) in [6.07, 6.45) is 0. The predicted octanol–water partition coefficient (Wildman–Crippen LogP) is 0.0145. The molecule has 136 valence electrons. The average Bonchev–Trinajstić information content (AvgIpc) is 2.55. The van der Waals surface area contributed by atoms with Crippen molar-refractivity contribution in [3.8, 4) is 0 Å². The molecular weight excluding hydrogens is 541 g/mol. The molecule has 0 atom stereocenters. The number of nitrogens with one attached hydrogen (secondary N) is 2. The van der Waals surface area contributed by atoms with Gasteiger partial charge in [0.25, 0.3) is 0 Å². The van der Waals surface area contributed by atoms with Crippen molar-refractivity contribution >= 4 is 35.1 Å². The van der Waals surface area contributed by atoms with Crippen LogP contribution in [0.4, 0.5) is 11.4 Å². The molecule has 0 aromatic heterocycles. The molecule has 0 unspecified atom stereocenters. The summed E-state index contributed by atoms with van der Waals surface area (Å²) in [5.41, 5.74) is 0.486. The SMILES string of the molecule is CC(=O)Nc1ccccc1C(=O)[O-].CC(=O)Nc1ccccc1C(=O)[O-].[Hg+2]. The zero-order valence-electron chi connectivity index (χ0n) is 14.8. The van der Waals surface area contributed by atoms with E-state index in [0.717, 1.165) is 0 Å². The van der Waals surface area contributed by atoms with Crippen molar-refractivity contribution in [2.45, 2.75) is 13.8 Å². The average molecular weight is 557 g/mol. The van der Waals surface area contributed by atoms with Gasteiger partial charge in [0, 0.05) is 36.3 Å². The van der Waals surface area contributed by atoms with E-state index in [0.29, 0.717) is 0 Å². The molecule has 0 bridgehead atoms. The molecule has 2 amide bonds. The van der Waals surface area contributed by atoms with Crippen LogP contribution >= 0.6 is 0 Å². The van der Waals surface area contributed by atoms with Crippen LogP contribution in [0.15, 0.2) is 48.5 Å². The van der Waals surface area contributed by atoms with E-state index in [1.165, 1.54) is 38.1 Å². The van der Waals surface area contributed by atoms with Crippen LogP contribution < -0.4 is 20.8 Å². The van der Waals surface area contributed by atoms with Crippen molar-refractivity contribution in [2.24, 2.45) is 0 Å². The molecule has 2 N–H and O–H groups in total. The number of para-hydroxylation sites is 2. The van der Waals surface area contributed by atoms with Gasteiger partial charge in [0.15, 0.2) is 0 Å². The van der Waals surface area contributed by atoms with Gasteiger partial charge >= 0.3 is 27.7 Å². The molecule has 27 heavy (non-hydrogen) atoms. The molecule has 9 heteroatoms. The van der Waals surface area contributed by atoms with Crippen molar-refractivity contribution in [3.63, 3.8) is 0 Å². The van der Waals surface area contributed by atoms with E-state index < -0.39 is 11.9 Å². The Bertz CT molecular complexity index is 769. The first-order valence-electron chi connectivity index (χ1n) is 7.38. The molecule has 0 aliphatic rings. The van der Waals surface area contributed by atoms with Gasteiger partial charge in [0.1, 0.15) is 0 Å². The maximum atomic E-state index is 10.7. The Balaban J connectivity index is 0.000000483. The molecule has 0 saturated heterocycles. The number of anilines is 2. The molecule has 0 saturated carbocycles. The maximum absolute atomic E-state index is 10.7. The number of aromatic carboxylic acids is 2. The van der Waals surface area contributed by atoms with Gasteiger partial charge in [-0.1, -0.05) is 36.4 Å². The van der Waals surface area contributed by atoms with E-state index in [9.17, 15) is 29.4 Å². The van der Waals surface area contributed by atoms with Crippen LogP contribution in [0.1, 0.15) is 34.6 Å². The van der Waals surface area contributed by atoms with E-state index in [1.807, 2.05) is 0 Å². The minimum absolute atomic E-state index is 0. The zero-order valence-corrected chi connectivity index (χ0v) is 20.3. The molecule has 0 aliphatic heterocycles. The maximum Gasteiger partial charge on any atom is 2.00 e. The van der Waals surface area contributed by atoms with Crippen LogP contribution in [0, 0.1) is 0 Å². The molecule has 0 aliphatic carbocycles. The van der Waals surface area contributed by atoms with E-state index in [2.05, 4.69) is 10.6 Å². The topological polar surface area (TPSA) is 138 Å². The van der Waals surface area contributed by atoms with Crippen LogP contribution in [0.5, 0.6) is 0 Å². The molecule has 2 aromatic rings. The van der Waals surface area contributed by atoms with Gasteiger partial charge in [-0.25, -0.2) is 0 Å². The van der Waals surface area contributed by atoms with Crippen molar-refractivity contribution < 1.29 is 57.1 Å². The third-order valence-corrected chi connectivity index (χ3v) is 2.92. The Hall–Kier alpha value is -2.74. The number of amides is 2. The van der Waals surface area contributed by atoms with E-state index in [-0.39, 0.29) is 62.0 Å². The number of carbonyl (C=O) groups is 4. The number of hydrogen-bond donors (Lipinski definition) is 2. The smallest absolute Gasteiger partial charge is 0.545 e. The summed E-state index contributed by atoms with van der Waals surface area (Å²) in [5.74, 6) is -3.23. The van der Waals surface area contributed by atoms with E-state index in [1.54, 1.807) is 24.3 Å². The largest absolute Gasteiger partial charge is 2.00 e. The minimum Gasteiger partial charge on any atom is -0.545 e. The third-order valence-electron chi connectivity index (χ3n) is 2.92. The molecule has 0 spiro atoms. The Morgan fingerprint density at radius 2 is 0.963 bits per heavy atom. The Morgan fingerprint density at radius 3 is 1.22 bits per heavy atom. The minimum atomic E-state index is -1.30. The third kappa shape index (κ3) is 8.45. The number of carbonyl (C=O) groups excluding carboxylic acids is 4. The van der Waals surface area contributed by atoms with Gasteiger partial charge in [0.2, 0.25) is 11.8 Å². The first-order valence-corrected chi connectivity index (χ1v) is 7.38. The van der Waals surface area contributed by atoms with E-state index in [4.69, 9.17) is 0 Å². The monoisotopic (exact) mass is 558 g/mol. The van der Waals surface area contributed by atoms with Crippen molar-refractivity contribution in [3.05, 3.63) is 59.7 Å². The van der Waals surface area contributed by atoms with Gasteiger partial charge in [-0.3, -0.25) is 9.59 Å². The first kappa shape index (κ1) is 24.3. The fourth-order valence-electron chi connectivity index (χ4n) is 1.92. The van der Waals surface area contributed by atoms with Crippen molar-refractivity contribution in [1.82, 2.24) is 0 Å². The Labute approximate surface area is 176 Å². The van der Waals surface area contributed by atoms with Gasteiger partial charge in [-0.2, -0.15) is 0 Å². The standard InChI is InChI=1S/2C9H9NO3.Hg/c2*1-6(11)10-8-5-3-2-4-7(8)9(12)13;/h2*2-5H,1H3,(H,10,11)(H,12,13);/q;;+2/p-2. The van der Waals surface area contributed by atoms with Crippen LogP contribution in [-0.2, 0) is 37.3 Å². The molecule has 0 radical (unpaired) electrons. The van der Waals surface area contributed by atoms with Crippen LogP contribution in [0.2, 0.25) is 0 Å². The quantitative estimate of drug-likeness (QED) is 0.509. The molecule has 0 heterocycles. The van der Waals surface area contributed by atoms with Crippen molar-refractivity contribution in [2.75, 3.05) is 10.6 Å². The second kappa shape index (κ2) is 11.8. The number of carboxylic acid groups (broad SMARTS) is 2. The van der Waals surface area contributed by atoms with Gasteiger partial charge < -0.3 is 30.4 Å².